The molecule has 21 heavy (non-hydrogen) atoms. The van der Waals surface area contributed by atoms with Crippen LogP contribution >= 0.6 is 0 Å². The predicted octanol–water partition coefficient (Wildman–Crippen LogP) is 3.66. The van der Waals surface area contributed by atoms with E-state index in [2.05, 4.69) is 48.1 Å². The molecule has 0 fully saturated rings. The van der Waals surface area contributed by atoms with Gasteiger partial charge in [0, 0.05) is 30.7 Å². The minimum Gasteiger partial charge on any atom is -0.348 e. The first-order chi connectivity index (χ1) is 10.2. The van der Waals surface area contributed by atoms with Crippen molar-refractivity contribution < 1.29 is 4.79 Å². The van der Waals surface area contributed by atoms with Crippen molar-refractivity contribution in [2.45, 2.75) is 32.9 Å². The number of fused-ring (bicyclic) bond motifs is 1. The molecule has 2 aromatic rings. The van der Waals surface area contributed by atoms with Crippen LogP contribution in [0.15, 0.2) is 42.6 Å². The van der Waals surface area contributed by atoms with Gasteiger partial charge in [-0.1, -0.05) is 19.1 Å². The van der Waals surface area contributed by atoms with Gasteiger partial charge in [0.05, 0.1) is 6.04 Å². The second-order valence-electron chi connectivity index (χ2n) is 5.48. The molecule has 3 rings (SSSR count). The van der Waals surface area contributed by atoms with E-state index in [9.17, 15) is 4.79 Å². The average Bonchev–Trinajstić information content (AvgIpc) is 2.98. The Bertz CT molecular complexity index is 630. The van der Waals surface area contributed by atoms with Crippen molar-refractivity contribution >= 4 is 11.7 Å². The zero-order chi connectivity index (χ0) is 14.8. The van der Waals surface area contributed by atoms with Gasteiger partial charge in [-0.25, -0.2) is 4.79 Å². The van der Waals surface area contributed by atoms with Gasteiger partial charge < -0.3 is 14.8 Å². The highest BCUT2D eigenvalue weighted by Gasteiger charge is 2.27. The molecule has 4 nitrogen and oxygen atoms in total. The number of rotatable bonds is 2. The Kier molecular flexibility index (Phi) is 3.69. The van der Waals surface area contributed by atoms with Crippen molar-refractivity contribution in [1.82, 2.24) is 9.47 Å². The summed E-state index contributed by atoms with van der Waals surface area (Å²) in [5, 5.41) is 2.99. The number of amides is 2. The number of hydrogen-bond donors (Lipinski definition) is 1. The van der Waals surface area contributed by atoms with E-state index in [-0.39, 0.29) is 12.1 Å². The monoisotopic (exact) mass is 283 g/mol. The number of anilines is 1. The van der Waals surface area contributed by atoms with Crippen LogP contribution < -0.4 is 5.32 Å². The lowest BCUT2D eigenvalue weighted by Gasteiger charge is -2.34. The Labute approximate surface area is 125 Å². The summed E-state index contributed by atoms with van der Waals surface area (Å²) in [7, 11) is 0. The molecule has 1 unspecified atom stereocenters. The molecule has 2 heterocycles. The molecule has 4 heteroatoms. The van der Waals surface area contributed by atoms with Crippen LogP contribution in [0.25, 0.3) is 0 Å². The predicted molar refractivity (Wildman–Crippen MR) is 84.4 cm³/mol. The first-order valence-electron chi connectivity index (χ1n) is 7.50. The van der Waals surface area contributed by atoms with E-state index >= 15 is 0 Å². The first kappa shape index (κ1) is 13.7. The van der Waals surface area contributed by atoms with Crippen LogP contribution in [0.4, 0.5) is 10.5 Å². The first-order valence-corrected chi connectivity index (χ1v) is 7.50. The zero-order valence-corrected chi connectivity index (χ0v) is 12.5. The maximum absolute atomic E-state index is 12.5. The summed E-state index contributed by atoms with van der Waals surface area (Å²) in [6.07, 6.45) is 3.08. The largest absolute Gasteiger partial charge is 0.348 e. The smallest absolute Gasteiger partial charge is 0.322 e. The van der Waals surface area contributed by atoms with Crippen molar-refractivity contribution in [2.75, 3.05) is 11.9 Å². The van der Waals surface area contributed by atoms with Crippen LogP contribution in [0.3, 0.4) is 0 Å². The van der Waals surface area contributed by atoms with E-state index < -0.39 is 0 Å². The lowest BCUT2D eigenvalue weighted by atomic mass is 10.1. The van der Waals surface area contributed by atoms with Gasteiger partial charge in [0.15, 0.2) is 0 Å². The molecule has 1 aliphatic rings. The van der Waals surface area contributed by atoms with E-state index in [1.54, 1.807) is 0 Å². The molecule has 110 valence electrons. The number of benzene rings is 1. The Hall–Kier alpha value is -2.23. The fourth-order valence-corrected chi connectivity index (χ4v) is 2.88. The summed E-state index contributed by atoms with van der Waals surface area (Å²) in [5.41, 5.74) is 3.32. The maximum atomic E-state index is 12.5. The number of urea groups is 1. The zero-order valence-electron chi connectivity index (χ0n) is 12.5. The molecule has 0 radical (unpaired) electrons. The van der Waals surface area contributed by atoms with Gasteiger partial charge in [-0.2, -0.15) is 0 Å². The topological polar surface area (TPSA) is 37.3 Å². The molecule has 1 aromatic carbocycles. The third-order valence-corrected chi connectivity index (χ3v) is 4.22. The highest BCUT2D eigenvalue weighted by molar-refractivity contribution is 5.89. The molecular weight excluding hydrogens is 262 g/mol. The van der Waals surface area contributed by atoms with Crippen LogP contribution in [0.1, 0.15) is 31.1 Å². The molecule has 0 spiro atoms. The lowest BCUT2D eigenvalue weighted by Crippen LogP contribution is -2.42. The van der Waals surface area contributed by atoms with Gasteiger partial charge in [-0.3, -0.25) is 0 Å². The van der Waals surface area contributed by atoms with E-state index in [1.807, 2.05) is 23.1 Å². The molecule has 1 N–H and O–H groups in total. The van der Waals surface area contributed by atoms with E-state index in [4.69, 9.17) is 0 Å². The Morgan fingerprint density at radius 1 is 1.24 bits per heavy atom. The molecule has 1 atom stereocenters. The number of carbonyl (C=O) groups excluding carboxylic acids is 1. The van der Waals surface area contributed by atoms with Gasteiger partial charge in [0.1, 0.15) is 0 Å². The van der Waals surface area contributed by atoms with Gasteiger partial charge in [0.2, 0.25) is 0 Å². The number of hydrogen-bond acceptors (Lipinski definition) is 1. The summed E-state index contributed by atoms with van der Waals surface area (Å²) < 4.78 is 2.21. The van der Waals surface area contributed by atoms with Crippen molar-refractivity contribution in [3.63, 3.8) is 0 Å². The van der Waals surface area contributed by atoms with Gasteiger partial charge in [0.25, 0.3) is 0 Å². The highest BCUT2D eigenvalue weighted by atomic mass is 16.2. The SMILES string of the molecule is CCc1ccc(NC(=O)N2CCn3cccc3C2C)cc1. The normalized spacial score (nSPS) is 17.4. The molecule has 0 aliphatic carbocycles. The summed E-state index contributed by atoms with van der Waals surface area (Å²) in [6, 6.07) is 12.2. The van der Waals surface area contributed by atoms with Crippen molar-refractivity contribution in [2.24, 2.45) is 0 Å². The number of aromatic nitrogens is 1. The number of aryl methyl sites for hydroxylation is 1. The Morgan fingerprint density at radius 2 is 2.00 bits per heavy atom. The second-order valence-corrected chi connectivity index (χ2v) is 5.48. The minimum absolute atomic E-state index is 0.0285. The third kappa shape index (κ3) is 2.66. The summed E-state index contributed by atoms with van der Waals surface area (Å²) in [4.78, 5) is 14.4. The standard InChI is InChI=1S/C17H21N3O/c1-3-14-6-8-15(9-7-14)18-17(21)20-12-11-19-10-4-5-16(19)13(20)2/h4-10,13H,3,11-12H2,1-2H3,(H,18,21). The lowest BCUT2D eigenvalue weighted by molar-refractivity contribution is 0.175. The second kappa shape index (κ2) is 5.64. The highest BCUT2D eigenvalue weighted by Crippen LogP contribution is 2.26. The molecule has 1 aliphatic heterocycles. The van der Waals surface area contributed by atoms with E-state index in [1.165, 1.54) is 11.3 Å². The molecule has 2 amide bonds. The van der Waals surface area contributed by atoms with E-state index in [0.717, 1.165) is 25.2 Å². The number of carbonyl (C=O) groups is 1. The van der Waals surface area contributed by atoms with Gasteiger partial charge in [-0.15, -0.1) is 0 Å². The Balaban J connectivity index is 1.71. The molecule has 0 saturated carbocycles. The van der Waals surface area contributed by atoms with Gasteiger partial charge >= 0.3 is 6.03 Å². The van der Waals surface area contributed by atoms with Crippen molar-refractivity contribution in [1.29, 1.82) is 0 Å². The average molecular weight is 283 g/mol. The molecule has 0 bridgehead atoms. The molecule has 0 saturated heterocycles. The number of nitrogens with one attached hydrogen (secondary N) is 1. The Morgan fingerprint density at radius 3 is 2.71 bits per heavy atom. The fraction of sp³-hybridized carbons (Fsp3) is 0.353. The van der Waals surface area contributed by atoms with Crippen LogP contribution in [0.2, 0.25) is 0 Å². The number of nitrogens with zero attached hydrogens (tertiary/aromatic N) is 2. The van der Waals surface area contributed by atoms with Crippen LogP contribution in [-0.2, 0) is 13.0 Å². The maximum Gasteiger partial charge on any atom is 0.322 e. The van der Waals surface area contributed by atoms with E-state index in [0.29, 0.717) is 0 Å². The van der Waals surface area contributed by atoms with Crippen molar-refractivity contribution in [3.05, 3.63) is 53.9 Å². The van der Waals surface area contributed by atoms with Crippen LogP contribution in [-0.4, -0.2) is 22.0 Å². The van der Waals surface area contributed by atoms with Gasteiger partial charge in [-0.05, 0) is 43.2 Å². The fourth-order valence-electron chi connectivity index (χ4n) is 2.88. The molecule has 1 aromatic heterocycles. The quantitative estimate of drug-likeness (QED) is 0.897. The third-order valence-electron chi connectivity index (χ3n) is 4.22. The summed E-state index contributed by atoms with van der Waals surface area (Å²) in [5.74, 6) is 0. The summed E-state index contributed by atoms with van der Waals surface area (Å²) >= 11 is 0. The van der Waals surface area contributed by atoms with Crippen LogP contribution in [0, 0.1) is 0 Å². The van der Waals surface area contributed by atoms with Crippen LogP contribution in [0.5, 0.6) is 0 Å². The summed E-state index contributed by atoms with van der Waals surface area (Å²) in [6.45, 7) is 5.79. The minimum atomic E-state index is -0.0285. The molecular formula is C17H21N3O. The van der Waals surface area contributed by atoms with Crippen molar-refractivity contribution in [3.8, 4) is 0 Å².